The van der Waals surface area contributed by atoms with Crippen LogP contribution in [0.25, 0.3) is 10.9 Å². The minimum Gasteiger partial charge on any atom is -0.370 e. The molecule has 0 fully saturated rings. The number of H-pyrrole nitrogens is 1. The van der Waals surface area contributed by atoms with E-state index >= 15 is 4.79 Å². The number of aliphatic imine (C=N–C) groups is 2. The van der Waals surface area contributed by atoms with Crippen LogP contribution in [0.1, 0.15) is 116 Å². The lowest BCUT2D eigenvalue weighted by Crippen LogP contribution is -2.58. The molecular weight excluding hydrogens is 825 g/mol. The summed E-state index contributed by atoms with van der Waals surface area (Å²) < 4.78 is 0. The summed E-state index contributed by atoms with van der Waals surface area (Å²) in [5.74, 6) is -1.75. The van der Waals surface area contributed by atoms with Gasteiger partial charge in [0.25, 0.3) is 0 Å². The molecule has 0 saturated carbocycles. The summed E-state index contributed by atoms with van der Waals surface area (Å²) in [4.78, 5) is 55.9. The fourth-order valence-electron chi connectivity index (χ4n) is 7.02. The molecule has 3 amide bonds. The number of hydrogen-bond donors (Lipinski definition) is 8. The van der Waals surface area contributed by atoms with Crippen molar-refractivity contribution in [3.8, 4) is 0 Å². The third-order valence-electron chi connectivity index (χ3n) is 10.2. The lowest BCUT2D eigenvalue weighted by molar-refractivity contribution is -0.142. The molecule has 14 N–H and O–H groups in total. The van der Waals surface area contributed by atoms with E-state index in [0.717, 1.165) is 38.9 Å². The molecule has 2 aromatic carbocycles. The van der Waals surface area contributed by atoms with Crippen LogP contribution in [0, 0.1) is 0 Å². The molecule has 1 heterocycles. The minimum atomic E-state index is -1.12. The highest BCUT2D eigenvalue weighted by Crippen LogP contribution is 2.40. The largest absolute Gasteiger partial charge is 0.370 e. The average molecular weight is 897 g/mol. The SMILES string of the molecule is CC(C)(C)c1cc(C(C)(C)C)c2[nH]c(C(C)(C)C)c(C[C@H](NC(=O)[C@@H](N)CCCN=C(N)N)C(=O)N(CCc3ccccc3)[C@@H](CCCN=C(N)N)C(N)=O)c2c1.Cl.Cl.Cl. The summed E-state index contributed by atoms with van der Waals surface area (Å²) in [6, 6.07) is 11.1. The van der Waals surface area contributed by atoms with Gasteiger partial charge in [0.15, 0.2) is 11.9 Å². The van der Waals surface area contributed by atoms with Crippen LogP contribution in [0.2, 0.25) is 0 Å². The highest BCUT2D eigenvalue weighted by molar-refractivity contribution is 5.95. The van der Waals surface area contributed by atoms with E-state index in [-0.39, 0.29) is 97.7 Å². The number of carbonyl (C=O) groups excluding carboxylic acids is 3. The number of halogens is 3. The maximum absolute atomic E-state index is 15.3. The van der Waals surface area contributed by atoms with Crippen LogP contribution < -0.4 is 39.7 Å². The first-order chi connectivity index (χ1) is 26.4. The third kappa shape index (κ3) is 16.0. The average Bonchev–Trinajstić information content (AvgIpc) is 3.48. The molecule has 0 aliphatic heterocycles. The highest BCUT2D eigenvalue weighted by Gasteiger charge is 2.37. The first kappa shape index (κ1) is 55.8. The van der Waals surface area contributed by atoms with Gasteiger partial charge in [0.05, 0.1) is 6.04 Å². The molecule has 338 valence electrons. The number of hydrogen-bond acceptors (Lipinski definition) is 6. The maximum Gasteiger partial charge on any atom is 0.246 e. The Labute approximate surface area is 375 Å². The van der Waals surface area contributed by atoms with E-state index in [1.165, 1.54) is 4.90 Å². The molecule has 0 radical (unpaired) electrons. The first-order valence-corrected chi connectivity index (χ1v) is 19.9. The Balaban J connectivity index is 0.0000116. The third-order valence-corrected chi connectivity index (χ3v) is 10.2. The highest BCUT2D eigenvalue weighted by atomic mass is 35.5. The van der Waals surface area contributed by atoms with Gasteiger partial charge >= 0.3 is 0 Å². The van der Waals surface area contributed by atoms with Crippen molar-refractivity contribution in [2.75, 3.05) is 19.6 Å². The summed E-state index contributed by atoms with van der Waals surface area (Å²) in [6.45, 7) is 20.2. The fourth-order valence-corrected chi connectivity index (χ4v) is 7.02. The zero-order valence-corrected chi connectivity index (χ0v) is 39.3. The number of nitrogens with two attached hydrogens (primary N) is 6. The number of amides is 3. The van der Waals surface area contributed by atoms with E-state index in [0.29, 0.717) is 25.8 Å². The van der Waals surface area contributed by atoms with Gasteiger partial charge in [0.1, 0.15) is 12.1 Å². The lowest BCUT2D eigenvalue weighted by atomic mass is 9.78. The summed E-state index contributed by atoms with van der Waals surface area (Å²) in [7, 11) is 0. The molecule has 0 aliphatic rings. The number of primary amides is 1. The predicted molar refractivity (Wildman–Crippen MR) is 254 cm³/mol. The van der Waals surface area contributed by atoms with Crippen molar-refractivity contribution in [1.29, 1.82) is 0 Å². The van der Waals surface area contributed by atoms with E-state index in [1.807, 2.05) is 30.3 Å². The topological polar surface area (TPSA) is 263 Å². The molecule has 14 nitrogen and oxygen atoms in total. The van der Waals surface area contributed by atoms with Crippen LogP contribution in [0.3, 0.4) is 0 Å². The van der Waals surface area contributed by atoms with Gasteiger partial charge in [0, 0.05) is 48.1 Å². The van der Waals surface area contributed by atoms with Crippen LogP contribution in [-0.2, 0) is 43.5 Å². The molecule has 0 unspecified atom stereocenters. The van der Waals surface area contributed by atoms with E-state index in [1.54, 1.807) is 0 Å². The second-order valence-electron chi connectivity index (χ2n) is 18.1. The number of nitrogens with one attached hydrogen (secondary N) is 2. The molecule has 0 saturated heterocycles. The van der Waals surface area contributed by atoms with Gasteiger partial charge in [0.2, 0.25) is 17.7 Å². The van der Waals surface area contributed by atoms with Crippen LogP contribution in [-0.4, -0.2) is 77.3 Å². The first-order valence-electron chi connectivity index (χ1n) is 19.9. The van der Waals surface area contributed by atoms with Crippen molar-refractivity contribution in [2.24, 2.45) is 44.4 Å². The van der Waals surface area contributed by atoms with Crippen molar-refractivity contribution < 1.29 is 14.4 Å². The Morgan fingerprint density at radius 2 is 1.32 bits per heavy atom. The normalized spacial score (nSPS) is 13.0. The van der Waals surface area contributed by atoms with E-state index in [9.17, 15) is 9.59 Å². The predicted octanol–water partition coefficient (Wildman–Crippen LogP) is 4.71. The molecule has 3 atom stereocenters. The number of aromatic nitrogens is 1. The molecule has 3 aromatic rings. The van der Waals surface area contributed by atoms with Crippen LogP contribution in [0.4, 0.5) is 0 Å². The van der Waals surface area contributed by atoms with Crippen LogP contribution in [0.5, 0.6) is 0 Å². The van der Waals surface area contributed by atoms with E-state index in [4.69, 9.17) is 34.4 Å². The Morgan fingerprint density at radius 1 is 0.767 bits per heavy atom. The van der Waals surface area contributed by atoms with Gasteiger partial charge in [-0.15, -0.1) is 37.2 Å². The Kier molecular flexibility index (Phi) is 22.0. The van der Waals surface area contributed by atoms with Crippen LogP contribution in [0.15, 0.2) is 52.4 Å². The zero-order chi connectivity index (χ0) is 42.9. The smallest absolute Gasteiger partial charge is 0.246 e. The standard InChI is InChI=1S/C43H69N11O3.3ClH/c1-41(2,3)27-23-28-29(35(43(7,8)9)53-34(28)30(24-27)42(4,5)6)25-32(52-37(56)31(44)17-13-20-50-39(46)47)38(57)54(22-19-26-15-11-10-12-16-26)33(36(45)55)18-14-21-51-40(48)49;;;/h10-12,15-16,23-24,31-33,53H,13-14,17-22,25,44H2,1-9H3,(H2,45,55)(H,52,56)(H4,46,47,50)(H4,48,49,51);3*1H/t31-,32-,33-;;;/m0.../s1. The zero-order valence-electron chi connectivity index (χ0n) is 36.9. The van der Waals surface area contributed by atoms with E-state index < -0.39 is 35.8 Å². The van der Waals surface area contributed by atoms with Gasteiger partial charge in [-0.05, 0) is 71.3 Å². The van der Waals surface area contributed by atoms with Crippen molar-refractivity contribution in [3.05, 3.63) is 70.4 Å². The molecule has 17 heteroatoms. The van der Waals surface area contributed by atoms with Crippen molar-refractivity contribution >= 4 is 77.8 Å². The molecule has 0 aliphatic carbocycles. The van der Waals surface area contributed by atoms with Gasteiger partial charge in [-0.2, -0.15) is 0 Å². The van der Waals surface area contributed by atoms with Gasteiger partial charge in [-0.3, -0.25) is 24.4 Å². The number of rotatable bonds is 18. The molecule has 0 spiro atoms. The number of guanidine groups is 2. The summed E-state index contributed by atoms with van der Waals surface area (Å²) in [5, 5.41) is 4.01. The Hall–Kier alpha value is -4.24. The fraction of sp³-hybridized carbons (Fsp3) is 0.558. The van der Waals surface area contributed by atoms with Gasteiger partial charge in [-0.1, -0.05) is 98.7 Å². The van der Waals surface area contributed by atoms with Crippen LogP contribution >= 0.6 is 37.2 Å². The van der Waals surface area contributed by atoms with Gasteiger partial charge in [-0.25, -0.2) is 0 Å². The van der Waals surface area contributed by atoms with Gasteiger partial charge < -0.3 is 49.6 Å². The van der Waals surface area contributed by atoms with Crippen molar-refractivity contribution in [3.63, 3.8) is 0 Å². The molecular formula is C43H72Cl3N11O3. The number of carbonyl (C=O) groups is 3. The second kappa shape index (κ2) is 23.7. The summed E-state index contributed by atoms with van der Waals surface area (Å²) in [5.41, 5.74) is 40.0. The Bertz CT molecular complexity index is 1910. The molecule has 60 heavy (non-hydrogen) atoms. The number of fused-ring (bicyclic) bond motifs is 1. The van der Waals surface area contributed by atoms with Crippen molar-refractivity contribution in [2.45, 2.75) is 135 Å². The molecule has 0 bridgehead atoms. The number of benzene rings is 2. The number of nitrogens with zero attached hydrogens (tertiary/aromatic N) is 3. The number of aromatic amines is 1. The Morgan fingerprint density at radius 3 is 1.80 bits per heavy atom. The summed E-state index contributed by atoms with van der Waals surface area (Å²) >= 11 is 0. The molecule has 3 rings (SSSR count). The van der Waals surface area contributed by atoms with E-state index in [2.05, 4.69) is 94.7 Å². The second-order valence-corrected chi connectivity index (χ2v) is 18.1. The molecule has 1 aromatic heterocycles. The lowest BCUT2D eigenvalue weighted by Gasteiger charge is -2.34. The minimum absolute atomic E-state index is 0. The quantitative estimate of drug-likeness (QED) is 0.0502. The monoisotopic (exact) mass is 895 g/mol. The van der Waals surface area contributed by atoms with Crippen molar-refractivity contribution in [1.82, 2.24) is 15.2 Å². The summed E-state index contributed by atoms with van der Waals surface area (Å²) in [6.07, 6.45) is 1.90. The maximum atomic E-state index is 15.3.